The molecule has 2 aromatic carbocycles. The van der Waals surface area contributed by atoms with Crippen LogP contribution in [-0.2, 0) is 4.79 Å². The third-order valence-electron chi connectivity index (χ3n) is 4.39. The largest absolute Gasteiger partial charge is 0.483 e. The van der Waals surface area contributed by atoms with Crippen molar-refractivity contribution in [1.29, 1.82) is 0 Å². The van der Waals surface area contributed by atoms with E-state index in [9.17, 15) is 4.79 Å². The van der Waals surface area contributed by atoms with E-state index in [2.05, 4.69) is 11.1 Å². The Morgan fingerprint density at radius 1 is 1.16 bits per heavy atom. The van der Waals surface area contributed by atoms with Gasteiger partial charge in [0, 0.05) is 7.05 Å². The number of carbonyl (C=O) groups excluding carboxylic acids is 1. The van der Waals surface area contributed by atoms with Crippen molar-refractivity contribution in [2.24, 2.45) is 0 Å². The van der Waals surface area contributed by atoms with E-state index in [0.717, 1.165) is 32.1 Å². The summed E-state index contributed by atoms with van der Waals surface area (Å²) in [5.74, 6) is 0.728. The molecule has 0 unspecified atom stereocenters. The fourth-order valence-electron chi connectivity index (χ4n) is 2.71. The predicted octanol–water partition coefficient (Wildman–Crippen LogP) is 4.51. The van der Waals surface area contributed by atoms with Gasteiger partial charge in [0.05, 0.1) is 16.3 Å². The van der Waals surface area contributed by atoms with E-state index < -0.39 is 0 Å². The van der Waals surface area contributed by atoms with E-state index in [1.54, 1.807) is 23.3 Å². The van der Waals surface area contributed by atoms with Crippen LogP contribution in [0, 0.1) is 13.8 Å². The van der Waals surface area contributed by atoms with Gasteiger partial charge in [-0.1, -0.05) is 30.3 Å². The van der Waals surface area contributed by atoms with Gasteiger partial charge in [0.2, 0.25) is 0 Å². The normalized spacial score (nSPS) is 12.2. The molecule has 0 bridgehead atoms. The summed E-state index contributed by atoms with van der Waals surface area (Å²) in [6.45, 7) is 5.99. The van der Waals surface area contributed by atoms with Crippen LogP contribution in [0.3, 0.4) is 0 Å². The quantitative estimate of drug-likeness (QED) is 0.677. The van der Waals surface area contributed by atoms with Crippen molar-refractivity contribution in [2.45, 2.75) is 26.8 Å². The SMILES string of the molecule is Cc1cccc(C)c1OCC(=O)N(C)[C@@H](C)c1nc2ccccc2s1. The molecule has 130 valence electrons. The molecule has 0 radical (unpaired) electrons. The van der Waals surface area contributed by atoms with Crippen LogP contribution in [0.1, 0.15) is 29.1 Å². The molecule has 1 aromatic heterocycles. The second-order valence-corrected chi connectivity index (χ2v) is 7.27. The highest BCUT2D eigenvalue weighted by Gasteiger charge is 2.21. The smallest absolute Gasteiger partial charge is 0.260 e. The zero-order valence-corrected chi connectivity index (χ0v) is 15.8. The van der Waals surface area contributed by atoms with Gasteiger partial charge in [-0.3, -0.25) is 4.79 Å². The lowest BCUT2D eigenvalue weighted by Gasteiger charge is -2.23. The molecule has 0 aliphatic heterocycles. The maximum atomic E-state index is 12.5. The van der Waals surface area contributed by atoms with Gasteiger partial charge < -0.3 is 9.64 Å². The number of carbonyl (C=O) groups is 1. The molecule has 0 aliphatic rings. The van der Waals surface area contributed by atoms with E-state index in [1.807, 2.05) is 57.2 Å². The van der Waals surface area contributed by atoms with Gasteiger partial charge in [0.25, 0.3) is 5.91 Å². The van der Waals surface area contributed by atoms with Gasteiger partial charge in [-0.25, -0.2) is 4.98 Å². The van der Waals surface area contributed by atoms with Crippen LogP contribution in [0.15, 0.2) is 42.5 Å². The van der Waals surface area contributed by atoms with E-state index in [-0.39, 0.29) is 18.6 Å². The Labute approximate surface area is 152 Å². The van der Waals surface area contributed by atoms with Crippen LogP contribution < -0.4 is 4.74 Å². The number of rotatable bonds is 5. The fraction of sp³-hybridized carbons (Fsp3) is 0.300. The van der Waals surface area contributed by atoms with E-state index >= 15 is 0 Å². The highest BCUT2D eigenvalue weighted by molar-refractivity contribution is 7.18. The minimum Gasteiger partial charge on any atom is -0.483 e. The number of ether oxygens (including phenoxy) is 1. The van der Waals surface area contributed by atoms with Crippen molar-refractivity contribution in [3.8, 4) is 5.75 Å². The number of aryl methyl sites for hydroxylation is 2. The van der Waals surface area contributed by atoms with Crippen LogP contribution in [0.4, 0.5) is 0 Å². The van der Waals surface area contributed by atoms with E-state index in [1.165, 1.54) is 0 Å². The molecule has 3 rings (SSSR count). The molecule has 0 N–H and O–H groups in total. The molecular formula is C20H22N2O2S. The Balaban J connectivity index is 1.69. The first-order chi connectivity index (χ1) is 12.0. The fourth-order valence-corrected chi connectivity index (χ4v) is 3.78. The van der Waals surface area contributed by atoms with Gasteiger partial charge in [-0.2, -0.15) is 0 Å². The summed E-state index contributed by atoms with van der Waals surface area (Å²) in [6, 6.07) is 13.9. The summed E-state index contributed by atoms with van der Waals surface area (Å²) in [6.07, 6.45) is 0. The third kappa shape index (κ3) is 3.66. The highest BCUT2D eigenvalue weighted by Crippen LogP contribution is 2.29. The summed E-state index contributed by atoms with van der Waals surface area (Å²) in [5, 5.41) is 0.934. The molecular weight excluding hydrogens is 332 g/mol. The number of benzene rings is 2. The minimum absolute atomic E-state index is 0.0252. The number of hydrogen-bond donors (Lipinski definition) is 0. The molecule has 4 nitrogen and oxygen atoms in total. The average molecular weight is 354 g/mol. The molecule has 1 amide bonds. The molecule has 3 aromatic rings. The molecule has 0 saturated carbocycles. The number of aromatic nitrogens is 1. The van der Waals surface area contributed by atoms with Gasteiger partial charge >= 0.3 is 0 Å². The summed E-state index contributed by atoms with van der Waals surface area (Å²) in [5.41, 5.74) is 3.05. The Morgan fingerprint density at radius 2 is 1.84 bits per heavy atom. The number of thiazole rings is 1. The topological polar surface area (TPSA) is 42.4 Å². The first kappa shape index (κ1) is 17.4. The highest BCUT2D eigenvalue weighted by atomic mass is 32.1. The Bertz CT molecular complexity index is 850. The number of amides is 1. The Kier molecular flexibility index (Phi) is 5.04. The second kappa shape index (κ2) is 7.23. The van der Waals surface area contributed by atoms with Crippen LogP contribution in [-0.4, -0.2) is 29.4 Å². The van der Waals surface area contributed by atoms with Gasteiger partial charge in [-0.05, 0) is 44.0 Å². The molecule has 0 aliphatic carbocycles. The first-order valence-electron chi connectivity index (χ1n) is 8.27. The zero-order valence-electron chi connectivity index (χ0n) is 14.9. The Hall–Kier alpha value is -2.40. The molecule has 0 fully saturated rings. The lowest BCUT2D eigenvalue weighted by atomic mass is 10.1. The lowest BCUT2D eigenvalue weighted by molar-refractivity contribution is -0.134. The van der Waals surface area contributed by atoms with Crippen molar-refractivity contribution in [3.63, 3.8) is 0 Å². The number of fused-ring (bicyclic) bond motifs is 1. The van der Waals surface area contributed by atoms with Gasteiger partial charge in [-0.15, -0.1) is 11.3 Å². The monoisotopic (exact) mass is 354 g/mol. The van der Waals surface area contributed by atoms with Crippen LogP contribution in [0.2, 0.25) is 0 Å². The van der Waals surface area contributed by atoms with Crippen LogP contribution in [0.25, 0.3) is 10.2 Å². The standard InChI is InChI=1S/C20H22N2O2S/c1-13-8-7-9-14(2)19(13)24-12-18(23)22(4)15(3)20-21-16-10-5-6-11-17(16)25-20/h5-11,15H,12H2,1-4H3/t15-/m0/s1. The maximum absolute atomic E-state index is 12.5. The van der Waals surface area contributed by atoms with Crippen molar-refractivity contribution < 1.29 is 9.53 Å². The molecule has 0 spiro atoms. The second-order valence-electron chi connectivity index (χ2n) is 6.21. The number of hydrogen-bond acceptors (Lipinski definition) is 4. The molecule has 0 saturated heterocycles. The number of para-hydroxylation sites is 2. The molecule has 1 atom stereocenters. The summed E-state index contributed by atoms with van der Waals surface area (Å²) >= 11 is 1.62. The number of nitrogens with zero attached hydrogens (tertiary/aromatic N) is 2. The van der Waals surface area contributed by atoms with Crippen LogP contribution in [0.5, 0.6) is 5.75 Å². The Morgan fingerprint density at radius 3 is 2.52 bits per heavy atom. The maximum Gasteiger partial charge on any atom is 0.260 e. The van der Waals surface area contributed by atoms with Crippen molar-refractivity contribution in [3.05, 3.63) is 58.6 Å². The average Bonchev–Trinajstić information content (AvgIpc) is 3.04. The summed E-state index contributed by atoms with van der Waals surface area (Å²) in [4.78, 5) is 18.9. The summed E-state index contributed by atoms with van der Waals surface area (Å²) < 4.78 is 6.92. The third-order valence-corrected chi connectivity index (χ3v) is 5.60. The van der Waals surface area contributed by atoms with Crippen molar-refractivity contribution >= 4 is 27.5 Å². The molecule has 25 heavy (non-hydrogen) atoms. The molecule has 1 heterocycles. The van der Waals surface area contributed by atoms with Crippen molar-refractivity contribution in [2.75, 3.05) is 13.7 Å². The van der Waals surface area contributed by atoms with Gasteiger partial charge in [0.15, 0.2) is 6.61 Å². The van der Waals surface area contributed by atoms with Gasteiger partial charge in [0.1, 0.15) is 10.8 Å². The van der Waals surface area contributed by atoms with Crippen molar-refractivity contribution in [1.82, 2.24) is 9.88 Å². The zero-order chi connectivity index (χ0) is 18.0. The van der Waals surface area contributed by atoms with E-state index in [0.29, 0.717) is 0 Å². The van der Waals surface area contributed by atoms with E-state index in [4.69, 9.17) is 4.74 Å². The summed E-state index contributed by atoms with van der Waals surface area (Å²) in [7, 11) is 1.80. The lowest BCUT2D eigenvalue weighted by Crippen LogP contribution is -2.33. The predicted molar refractivity (Wildman–Crippen MR) is 102 cm³/mol. The van der Waals surface area contributed by atoms with Crippen LogP contribution >= 0.6 is 11.3 Å². The molecule has 5 heteroatoms. The minimum atomic E-state index is -0.0912. The first-order valence-corrected chi connectivity index (χ1v) is 9.09. The number of likely N-dealkylation sites (N-methyl/N-ethyl adjacent to an activating group) is 1.